The lowest BCUT2D eigenvalue weighted by Crippen LogP contribution is -2.54. The van der Waals surface area contributed by atoms with E-state index in [1.54, 1.807) is 6.92 Å². The maximum absolute atomic E-state index is 12.5. The summed E-state index contributed by atoms with van der Waals surface area (Å²) in [6, 6.07) is -0.480. The number of ether oxygens (including phenoxy) is 1. The molecule has 1 saturated heterocycles. The Morgan fingerprint density at radius 1 is 1.47 bits per heavy atom. The molecule has 106 valence electrons. The molecule has 0 bridgehead atoms. The predicted molar refractivity (Wildman–Crippen MR) is 67.2 cm³/mol. The van der Waals surface area contributed by atoms with E-state index in [1.807, 2.05) is 6.92 Å². The fourth-order valence-electron chi connectivity index (χ4n) is 2.97. The van der Waals surface area contributed by atoms with Gasteiger partial charge in [0.1, 0.15) is 12.1 Å². The van der Waals surface area contributed by atoms with Crippen LogP contribution in [0.3, 0.4) is 0 Å². The number of urea groups is 1. The molecule has 6 heteroatoms. The van der Waals surface area contributed by atoms with Crippen LogP contribution in [-0.2, 0) is 14.3 Å². The first-order valence-electron chi connectivity index (χ1n) is 6.81. The Morgan fingerprint density at radius 3 is 2.84 bits per heavy atom. The van der Waals surface area contributed by atoms with Crippen molar-refractivity contribution >= 4 is 17.9 Å². The van der Waals surface area contributed by atoms with Gasteiger partial charge < -0.3 is 10.1 Å². The number of carbonyl (C=O) groups excluding carboxylic acids is 3. The van der Waals surface area contributed by atoms with Gasteiger partial charge in [-0.2, -0.15) is 0 Å². The van der Waals surface area contributed by atoms with Crippen molar-refractivity contribution in [2.75, 3.05) is 13.2 Å². The Labute approximate surface area is 112 Å². The van der Waals surface area contributed by atoms with E-state index in [0.29, 0.717) is 6.42 Å². The number of nitrogens with one attached hydrogen (secondary N) is 1. The summed E-state index contributed by atoms with van der Waals surface area (Å²) in [5.74, 6) is -0.728. The van der Waals surface area contributed by atoms with Crippen LogP contribution in [0.2, 0.25) is 0 Å². The van der Waals surface area contributed by atoms with Crippen LogP contribution < -0.4 is 5.32 Å². The standard InChI is InChI=1S/C13H20N2O4/c1-3-19-10(16)8-15-11(17)13(14-12(15)18)7-5-4-6-9(13)2/h9H,3-8H2,1-2H3,(H,14,18). The van der Waals surface area contributed by atoms with Gasteiger partial charge in [-0.1, -0.05) is 19.8 Å². The highest BCUT2D eigenvalue weighted by atomic mass is 16.5. The summed E-state index contributed by atoms with van der Waals surface area (Å²) in [5.41, 5.74) is -0.804. The topological polar surface area (TPSA) is 75.7 Å². The fraction of sp³-hybridized carbons (Fsp3) is 0.769. The van der Waals surface area contributed by atoms with Gasteiger partial charge in [-0.05, 0) is 25.7 Å². The van der Waals surface area contributed by atoms with Crippen LogP contribution in [0.15, 0.2) is 0 Å². The van der Waals surface area contributed by atoms with Gasteiger partial charge in [0.2, 0.25) is 0 Å². The fourth-order valence-corrected chi connectivity index (χ4v) is 2.97. The van der Waals surface area contributed by atoms with Gasteiger partial charge >= 0.3 is 12.0 Å². The van der Waals surface area contributed by atoms with Gasteiger partial charge in [0.15, 0.2) is 0 Å². The molecule has 1 aliphatic carbocycles. The SMILES string of the molecule is CCOC(=O)CN1C(=O)NC2(CCCCC2C)C1=O. The van der Waals surface area contributed by atoms with E-state index in [2.05, 4.69) is 5.32 Å². The van der Waals surface area contributed by atoms with Crippen molar-refractivity contribution in [3.63, 3.8) is 0 Å². The number of carbonyl (C=O) groups is 3. The molecule has 1 spiro atoms. The van der Waals surface area contributed by atoms with Crippen molar-refractivity contribution in [1.29, 1.82) is 0 Å². The summed E-state index contributed by atoms with van der Waals surface area (Å²) in [6.07, 6.45) is 3.56. The van der Waals surface area contributed by atoms with Gasteiger partial charge in [0, 0.05) is 0 Å². The van der Waals surface area contributed by atoms with Crippen LogP contribution in [0.25, 0.3) is 0 Å². The molecular formula is C13H20N2O4. The van der Waals surface area contributed by atoms with Gasteiger partial charge in [0.25, 0.3) is 5.91 Å². The van der Waals surface area contributed by atoms with Crippen molar-refractivity contribution in [3.8, 4) is 0 Å². The van der Waals surface area contributed by atoms with Crippen LogP contribution in [0.1, 0.15) is 39.5 Å². The highest BCUT2D eigenvalue weighted by Gasteiger charge is 2.55. The molecule has 1 N–H and O–H groups in total. The first-order chi connectivity index (χ1) is 9.01. The van der Waals surface area contributed by atoms with Crippen LogP contribution in [-0.4, -0.2) is 41.5 Å². The smallest absolute Gasteiger partial charge is 0.326 e. The van der Waals surface area contributed by atoms with Crippen molar-refractivity contribution in [2.24, 2.45) is 5.92 Å². The zero-order valence-electron chi connectivity index (χ0n) is 11.4. The van der Waals surface area contributed by atoms with Gasteiger partial charge in [-0.3, -0.25) is 14.5 Å². The Kier molecular flexibility index (Phi) is 3.78. The molecule has 19 heavy (non-hydrogen) atoms. The molecule has 2 fully saturated rings. The molecule has 2 aliphatic rings. The number of esters is 1. The molecule has 2 rings (SSSR count). The summed E-state index contributed by atoms with van der Waals surface area (Å²) in [4.78, 5) is 36.8. The van der Waals surface area contributed by atoms with E-state index in [4.69, 9.17) is 4.74 Å². The lowest BCUT2D eigenvalue weighted by molar-refractivity contribution is -0.148. The van der Waals surface area contributed by atoms with E-state index in [0.717, 1.165) is 24.2 Å². The lowest BCUT2D eigenvalue weighted by Gasteiger charge is -2.36. The van der Waals surface area contributed by atoms with E-state index in [1.165, 1.54) is 0 Å². The third-order valence-corrected chi connectivity index (χ3v) is 4.09. The Hall–Kier alpha value is -1.59. The number of amides is 3. The van der Waals surface area contributed by atoms with Crippen LogP contribution in [0, 0.1) is 5.92 Å². The average molecular weight is 268 g/mol. The maximum Gasteiger partial charge on any atom is 0.326 e. The predicted octanol–water partition coefficient (Wildman–Crippen LogP) is 1.05. The molecular weight excluding hydrogens is 248 g/mol. The molecule has 1 heterocycles. The first-order valence-corrected chi connectivity index (χ1v) is 6.81. The van der Waals surface area contributed by atoms with E-state index >= 15 is 0 Å². The Morgan fingerprint density at radius 2 is 2.21 bits per heavy atom. The van der Waals surface area contributed by atoms with Crippen LogP contribution >= 0.6 is 0 Å². The van der Waals surface area contributed by atoms with E-state index in [9.17, 15) is 14.4 Å². The number of rotatable bonds is 3. The zero-order valence-corrected chi connectivity index (χ0v) is 11.4. The minimum atomic E-state index is -0.804. The monoisotopic (exact) mass is 268 g/mol. The third kappa shape index (κ3) is 2.31. The van der Waals surface area contributed by atoms with Crippen molar-refractivity contribution in [2.45, 2.75) is 45.1 Å². The zero-order chi connectivity index (χ0) is 14.0. The van der Waals surface area contributed by atoms with Crippen molar-refractivity contribution in [1.82, 2.24) is 10.2 Å². The number of hydrogen-bond acceptors (Lipinski definition) is 4. The van der Waals surface area contributed by atoms with Gasteiger partial charge in [-0.25, -0.2) is 4.79 Å². The summed E-state index contributed by atoms with van der Waals surface area (Å²) >= 11 is 0. The minimum absolute atomic E-state index is 0.102. The molecule has 1 aliphatic heterocycles. The van der Waals surface area contributed by atoms with Crippen molar-refractivity contribution in [3.05, 3.63) is 0 Å². The first kappa shape index (κ1) is 13.8. The van der Waals surface area contributed by atoms with E-state index < -0.39 is 17.5 Å². The van der Waals surface area contributed by atoms with Crippen molar-refractivity contribution < 1.29 is 19.1 Å². The average Bonchev–Trinajstić information content (AvgIpc) is 2.59. The molecule has 1 saturated carbocycles. The number of nitrogens with zero attached hydrogens (tertiary/aromatic N) is 1. The maximum atomic E-state index is 12.5. The molecule has 0 aromatic carbocycles. The highest BCUT2D eigenvalue weighted by Crippen LogP contribution is 2.38. The molecule has 0 radical (unpaired) electrons. The van der Waals surface area contributed by atoms with Gasteiger partial charge in [0.05, 0.1) is 6.61 Å². The third-order valence-electron chi connectivity index (χ3n) is 4.09. The van der Waals surface area contributed by atoms with Crippen LogP contribution in [0.4, 0.5) is 4.79 Å². The molecule has 0 aromatic heterocycles. The molecule has 2 atom stereocenters. The Balaban J connectivity index is 2.13. The normalized spacial score (nSPS) is 30.6. The summed E-state index contributed by atoms with van der Waals surface area (Å²) in [7, 11) is 0. The quantitative estimate of drug-likeness (QED) is 0.613. The summed E-state index contributed by atoms with van der Waals surface area (Å²) in [5, 5.41) is 2.80. The van der Waals surface area contributed by atoms with Gasteiger partial charge in [-0.15, -0.1) is 0 Å². The second kappa shape index (κ2) is 5.19. The molecule has 3 amide bonds. The summed E-state index contributed by atoms with van der Waals surface area (Å²) in [6.45, 7) is 3.61. The lowest BCUT2D eigenvalue weighted by atomic mass is 9.73. The minimum Gasteiger partial charge on any atom is -0.465 e. The second-order valence-electron chi connectivity index (χ2n) is 5.24. The largest absolute Gasteiger partial charge is 0.465 e. The number of hydrogen-bond donors (Lipinski definition) is 1. The second-order valence-corrected chi connectivity index (χ2v) is 5.24. The molecule has 6 nitrogen and oxygen atoms in total. The summed E-state index contributed by atoms with van der Waals surface area (Å²) < 4.78 is 4.79. The number of imide groups is 1. The van der Waals surface area contributed by atoms with E-state index in [-0.39, 0.29) is 25.0 Å². The Bertz CT molecular complexity index is 409. The highest BCUT2D eigenvalue weighted by molar-refractivity contribution is 6.08. The molecule has 0 aromatic rings. The van der Waals surface area contributed by atoms with Crippen LogP contribution in [0.5, 0.6) is 0 Å². The molecule has 2 unspecified atom stereocenters.